The number of halogens is 4. The highest BCUT2D eigenvalue weighted by atomic mass is 35.5. The highest BCUT2D eigenvalue weighted by molar-refractivity contribution is 6.31. The van der Waals surface area contributed by atoms with E-state index in [4.69, 9.17) is 11.6 Å². The van der Waals surface area contributed by atoms with Crippen molar-refractivity contribution in [1.82, 2.24) is 0 Å². The summed E-state index contributed by atoms with van der Waals surface area (Å²) in [5.41, 5.74) is -0.191. The van der Waals surface area contributed by atoms with Gasteiger partial charge in [0.25, 0.3) is 6.43 Å². The van der Waals surface area contributed by atoms with Crippen molar-refractivity contribution in [2.75, 3.05) is 0 Å². The van der Waals surface area contributed by atoms with Crippen molar-refractivity contribution >= 4 is 11.6 Å². The minimum absolute atomic E-state index is 0.268. The molecule has 1 aromatic carbocycles. The minimum atomic E-state index is -2.73. The minimum Gasteiger partial charge on any atom is -0.205 e. The lowest BCUT2D eigenvalue weighted by Crippen LogP contribution is -1.91. The molecule has 1 rings (SSSR count). The zero-order chi connectivity index (χ0) is 9.30. The second-order valence-electron chi connectivity index (χ2n) is 2.40. The summed E-state index contributed by atoms with van der Waals surface area (Å²) in [5.74, 6) is -0.769. The predicted molar refractivity (Wildman–Crippen MR) is 41.1 cm³/mol. The number of aryl methyl sites for hydroxylation is 1. The first-order valence-corrected chi connectivity index (χ1v) is 3.64. The normalized spacial score (nSPS) is 10.8. The maximum atomic E-state index is 12.9. The summed E-state index contributed by atoms with van der Waals surface area (Å²) in [6.45, 7) is 1.47. The van der Waals surface area contributed by atoms with Crippen LogP contribution in [0.25, 0.3) is 0 Å². The lowest BCUT2D eigenvalue weighted by Gasteiger charge is -2.04. The van der Waals surface area contributed by atoms with Gasteiger partial charge in [0.05, 0.1) is 5.02 Å². The summed E-state index contributed by atoms with van der Waals surface area (Å²) in [6, 6.07) is 2.41. The van der Waals surface area contributed by atoms with Crippen LogP contribution in [0.2, 0.25) is 5.02 Å². The molecule has 0 saturated carbocycles. The van der Waals surface area contributed by atoms with Gasteiger partial charge in [-0.3, -0.25) is 0 Å². The van der Waals surface area contributed by atoms with Crippen LogP contribution in [-0.2, 0) is 0 Å². The third-order valence-corrected chi connectivity index (χ3v) is 1.92. The highest BCUT2D eigenvalue weighted by Crippen LogP contribution is 2.30. The molecular weight excluding hydrogens is 189 g/mol. The van der Waals surface area contributed by atoms with Crippen LogP contribution in [-0.4, -0.2) is 0 Å². The molecule has 0 nitrogen and oxygen atoms in total. The van der Waals surface area contributed by atoms with Gasteiger partial charge in [-0.1, -0.05) is 23.7 Å². The van der Waals surface area contributed by atoms with Gasteiger partial charge in [0.15, 0.2) is 0 Å². The Bertz CT molecular complexity index is 297. The summed E-state index contributed by atoms with van der Waals surface area (Å²) >= 11 is 5.34. The van der Waals surface area contributed by atoms with Crippen molar-refractivity contribution in [2.24, 2.45) is 0 Å². The average Bonchev–Trinajstić information content (AvgIpc) is 2.00. The van der Waals surface area contributed by atoms with Crippen LogP contribution in [0.1, 0.15) is 17.6 Å². The molecule has 0 unspecified atom stereocenters. The second kappa shape index (κ2) is 3.35. The van der Waals surface area contributed by atoms with Crippen molar-refractivity contribution in [3.05, 3.63) is 34.1 Å². The molecule has 4 heteroatoms. The number of alkyl halides is 2. The second-order valence-corrected chi connectivity index (χ2v) is 2.78. The molecule has 66 valence electrons. The molecule has 1 aromatic rings. The number of rotatable bonds is 1. The maximum absolute atomic E-state index is 12.9. The topological polar surface area (TPSA) is 0 Å². The van der Waals surface area contributed by atoms with Gasteiger partial charge in [-0.2, -0.15) is 0 Å². The van der Waals surface area contributed by atoms with Crippen LogP contribution < -0.4 is 0 Å². The fourth-order valence-corrected chi connectivity index (χ4v) is 1.12. The smallest absolute Gasteiger partial charge is 0.205 e. The monoisotopic (exact) mass is 194 g/mol. The summed E-state index contributed by atoms with van der Waals surface area (Å²) in [5, 5.41) is -0.481. The molecule has 0 spiro atoms. The maximum Gasteiger partial charge on any atom is 0.265 e. The largest absolute Gasteiger partial charge is 0.265 e. The molecule has 0 aliphatic heterocycles. The molecular formula is C8H6ClF3. The summed E-state index contributed by atoms with van der Waals surface area (Å²) in [7, 11) is 0. The van der Waals surface area contributed by atoms with E-state index in [1.54, 1.807) is 0 Å². The van der Waals surface area contributed by atoms with Gasteiger partial charge in [-0.15, -0.1) is 0 Å². The molecule has 0 radical (unpaired) electrons. The van der Waals surface area contributed by atoms with Crippen LogP contribution in [0.4, 0.5) is 13.2 Å². The first-order chi connectivity index (χ1) is 5.54. The summed E-state index contributed by atoms with van der Waals surface area (Å²) in [4.78, 5) is 0. The lowest BCUT2D eigenvalue weighted by molar-refractivity contribution is 0.151. The van der Waals surface area contributed by atoms with E-state index in [1.807, 2.05) is 0 Å². The van der Waals surface area contributed by atoms with Crippen molar-refractivity contribution in [3.63, 3.8) is 0 Å². The van der Waals surface area contributed by atoms with E-state index in [1.165, 1.54) is 13.0 Å². The first kappa shape index (κ1) is 9.39. The third-order valence-electron chi connectivity index (χ3n) is 1.54. The fourth-order valence-electron chi connectivity index (χ4n) is 0.829. The Hall–Kier alpha value is -0.700. The van der Waals surface area contributed by atoms with E-state index in [2.05, 4.69) is 0 Å². The Kier molecular flexibility index (Phi) is 2.62. The van der Waals surface area contributed by atoms with Gasteiger partial charge in [0.2, 0.25) is 0 Å². The van der Waals surface area contributed by atoms with Gasteiger partial charge >= 0.3 is 0 Å². The van der Waals surface area contributed by atoms with Crippen LogP contribution in [0.15, 0.2) is 12.1 Å². The zero-order valence-corrected chi connectivity index (χ0v) is 7.00. The number of hydrogen-bond acceptors (Lipinski definition) is 0. The third kappa shape index (κ3) is 1.55. The Morgan fingerprint density at radius 1 is 1.33 bits per heavy atom. The first-order valence-electron chi connectivity index (χ1n) is 3.26. The van der Waals surface area contributed by atoms with E-state index < -0.39 is 22.8 Å². The quantitative estimate of drug-likeness (QED) is 0.639. The molecule has 0 aromatic heterocycles. The van der Waals surface area contributed by atoms with E-state index in [0.717, 1.165) is 6.07 Å². The molecule has 0 N–H and O–H groups in total. The number of benzene rings is 1. The van der Waals surface area contributed by atoms with E-state index in [0.29, 0.717) is 0 Å². The fraction of sp³-hybridized carbons (Fsp3) is 0.250. The van der Waals surface area contributed by atoms with Gasteiger partial charge in [-0.05, 0) is 12.5 Å². The predicted octanol–water partition coefficient (Wildman–Crippen LogP) is 3.73. The van der Waals surface area contributed by atoms with Crippen molar-refractivity contribution < 1.29 is 13.2 Å². The molecule has 0 bridgehead atoms. The van der Waals surface area contributed by atoms with Crippen LogP contribution in [0.3, 0.4) is 0 Å². The molecule has 0 atom stereocenters. The highest BCUT2D eigenvalue weighted by Gasteiger charge is 2.15. The van der Waals surface area contributed by atoms with Crippen molar-refractivity contribution in [2.45, 2.75) is 13.3 Å². The van der Waals surface area contributed by atoms with Crippen LogP contribution in [0.5, 0.6) is 0 Å². The van der Waals surface area contributed by atoms with Gasteiger partial charge < -0.3 is 0 Å². The van der Waals surface area contributed by atoms with Gasteiger partial charge in [0, 0.05) is 5.56 Å². The molecule has 0 fully saturated rings. The molecule has 12 heavy (non-hydrogen) atoms. The van der Waals surface area contributed by atoms with Crippen molar-refractivity contribution in [1.29, 1.82) is 0 Å². The van der Waals surface area contributed by atoms with E-state index in [9.17, 15) is 13.2 Å². The average molecular weight is 195 g/mol. The SMILES string of the molecule is Cc1ccc(C(F)F)c(Cl)c1F. The lowest BCUT2D eigenvalue weighted by atomic mass is 10.1. The Morgan fingerprint density at radius 3 is 2.42 bits per heavy atom. The van der Waals surface area contributed by atoms with E-state index >= 15 is 0 Å². The molecule has 0 aliphatic rings. The summed E-state index contributed by atoms with van der Waals surface area (Å²) < 4.78 is 37.1. The van der Waals surface area contributed by atoms with Crippen molar-refractivity contribution in [3.8, 4) is 0 Å². The molecule has 0 aliphatic carbocycles. The Labute approximate surface area is 73.0 Å². The van der Waals surface area contributed by atoms with Crippen LogP contribution >= 0.6 is 11.6 Å². The summed E-state index contributed by atoms with van der Waals surface area (Å²) in [6.07, 6.45) is -2.73. The molecule has 0 saturated heterocycles. The Balaban J connectivity index is 3.27. The standard InChI is InChI=1S/C8H6ClF3/c1-4-2-3-5(8(11)12)6(9)7(4)10/h2-3,8H,1H3. The van der Waals surface area contributed by atoms with E-state index in [-0.39, 0.29) is 5.56 Å². The molecule has 0 heterocycles. The molecule has 0 amide bonds. The number of hydrogen-bond donors (Lipinski definition) is 0. The Morgan fingerprint density at radius 2 is 1.92 bits per heavy atom. The zero-order valence-electron chi connectivity index (χ0n) is 6.24. The van der Waals surface area contributed by atoms with Gasteiger partial charge in [0.1, 0.15) is 5.82 Å². The van der Waals surface area contributed by atoms with Crippen LogP contribution in [0, 0.1) is 12.7 Å². The van der Waals surface area contributed by atoms with Gasteiger partial charge in [-0.25, -0.2) is 13.2 Å².